The van der Waals surface area contributed by atoms with Gasteiger partial charge in [0.15, 0.2) is 0 Å². The van der Waals surface area contributed by atoms with Crippen molar-refractivity contribution in [1.29, 1.82) is 0 Å². The maximum absolute atomic E-state index is 12.4. The summed E-state index contributed by atoms with van der Waals surface area (Å²) in [4.78, 5) is 9.88. The molecule has 0 aromatic heterocycles. The number of nitrogens with two attached hydrogens (primary N) is 1. The van der Waals surface area contributed by atoms with Crippen LogP contribution in [-0.4, -0.2) is 25.4 Å². The van der Waals surface area contributed by atoms with E-state index in [1.807, 2.05) is 13.8 Å². The van der Waals surface area contributed by atoms with Gasteiger partial charge >= 0.3 is 0 Å². The fraction of sp³-hybridized carbons (Fsp3) is 0.500. The number of nitrogens with one attached hydrogen (secondary N) is 1. The summed E-state index contributed by atoms with van der Waals surface area (Å²) in [5.74, 6) is -0.0560. The van der Waals surface area contributed by atoms with Crippen molar-refractivity contribution in [2.24, 2.45) is 11.7 Å². The van der Waals surface area contributed by atoms with Crippen LogP contribution < -0.4 is 10.5 Å². The normalized spacial score (nSPS) is 15.0. The average molecular weight is 336 g/mol. The summed E-state index contributed by atoms with van der Waals surface area (Å²) in [7, 11) is -3.94. The molecule has 0 fully saturated rings. The third-order valence-corrected chi connectivity index (χ3v) is 5.42. The highest BCUT2D eigenvalue weighted by molar-refractivity contribution is 7.89. The van der Waals surface area contributed by atoms with E-state index in [1.54, 1.807) is 6.92 Å². The van der Waals surface area contributed by atoms with E-state index in [2.05, 4.69) is 4.72 Å². The number of hydrogen-bond acceptors (Lipinski definition) is 5. The van der Waals surface area contributed by atoms with Gasteiger partial charge in [-0.25, -0.2) is 13.1 Å². The molecule has 0 aliphatic carbocycles. The minimum atomic E-state index is -3.94. The van der Waals surface area contributed by atoms with E-state index in [9.17, 15) is 18.5 Å². The maximum Gasteiger partial charge on any atom is 0.289 e. The predicted molar refractivity (Wildman–Crippen MR) is 80.7 cm³/mol. The largest absolute Gasteiger partial charge is 0.329 e. The maximum atomic E-state index is 12.4. The zero-order chi connectivity index (χ0) is 16.4. The zero-order valence-electron chi connectivity index (χ0n) is 12.0. The summed E-state index contributed by atoms with van der Waals surface area (Å²) in [6.07, 6.45) is 0. The van der Waals surface area contributed by atoms with E-state index in [1.165, 1.54) is 12.1 Å². The fourth-order valence-corrected chi connectivity index (χ4v) is 3.31. The lowest BCUT2D eigenvalue weighted by atomic mass is 9.90. The lowest BCUT2D eigenvalue weighted by Crippen LogP contribution is -2.54. The van der Waals surface area contributed by atoms with Crippen LogP contribution in [0.3, 0.4) is 0 Å². The van der Waals surface area contributed by atoms with Gasteiger partial charge in [0.1, 0.15) is 5.02 Å². The number of nitro benzene ring substituents is 1. The Labute approximate surface area is 128 Å². The van der Waals surface area contributed by atoms with Gasteiger partial charge in [0.25, 0.3) is 5.69 Å². The summed E-state index contributed by atoms with van der Waals surface area (Å²) in [5, 5.41) is 10.7. The van der Waals surface area contributed by atoms with Gasteiger partial charge in [-0.2, -0.15) is 0 Å². The van der Waals surface area contributed by atoms with Gasteiger partial charge in [-0.15, -0.1) is 0 Å². The van der Waals surface area contributed by atoms with Crippen molar-refractivity contribution < 1.29 is 13.3 Å². The van der Waals surface area contributed by atoms with E-state index in [0.717, 1.165) is 6.07 Å². The summed E-state index contributed by atoms with van der Waals surface area (Å²) >= 11 is 5.68. The highest BCUT2D eigenvalue weighted by Gasteiger charge is 2.33. The molecule has 0 aliphatic heterocycles. The Morgan fingerprint density at radius 1 is 1.48 bits per heavy atom. The molecule has 118 valence electrons. The number of rotatable bonds is 6. The Morgan fingerprint density at radius 3 is 2.48 bits per heavy atom. The average Bonchev–Trinajstić information content (AvgIpc) is 2.37. The van der Waals surface area contributed by atoms with Crippen LogP contribution >= 0.6 is 11.6 Å². The molecule has 1 atom stereocenters. The van der Waals surface area contributed by atoms with Gasteiger partial charge in [-0.05, 0) is 25.0 Å². The Balaban J connectivity index is 3.26. The number of halogens is 1. The van der Waals surface area contributed by atoms with Crippen LogP contribution in [0.5, 0.6) is 0 Å². The lowest BCUT2D eigenvalue weighted by molar-refractivity contribution is -0.384. The third kappa shape index (κ3) is 3.91. The monoisotopic (exact) mass is 335 g/mol. The first kappa shape index (κ1) is 17.8. The number of benzene rings is 1. The van der Waals surface area contributed by atoms with Crippen molar-refractivity contribution in [2.75, 3.05) is 6.54 Å². The first-order chi connectivity index (χ1) is 9.53. The van der Waals surface area contributed by atoms with Crippen molar-refractivity contribution in [3.8, 4) is 0 Å². The molecule has 0 saturated heterocycles. The summed E-state index contributed by atoms with van der Waals surface area (Å²) < 4.78 is 27.2. The van der Waals surface area contributed by atoms with Crippen molar-refractivity contribution >= 4 is 27.3 Å². The van der Waals surface area contributed by atoms with Crippen molar-refractivity contribution in [1.82, 2.24) is 4.72 Å². The molecule has 0 bridgehead atoms. The highest BCUT2D eigenvalue weighted by Crippen LogP contribution is 2.28. The first-order valence-electron chi connectivity index (χ1n) is 6.21. The zero-order valence-corrected chi connectivity index (χ0v) is 13.5. The van der Waals surface area contributed by atoms with Gasteiger partial charge in [0, 0.05) is 18.2 Å². The first-order valence-corrected chi connectivity index (χ1v) is 8.07. The van der Waals surface area contributed by atoms with Crippen LogP contribution in [0, 0.1) is 16.0 Å². The topological polar surface area (TPSA) is 115 Å². The summed E-state index contributed by atoms with van der Waals surface area (Å²) in [6, 6.07) is 3.33. The smallest absolute Gasteiger partial charge is 0.289 e. The molecule has 0 amide bonds. The third-order valence-electron chi connectivity index (χ3n) is 3.49. The molecule has 7 nitrogen and oxygen atoms in total. The van der Waals surface area contributed by atoms with Crippen molar-refractivity contribution in [3.05, 3.63) is 33.3 Å². The molecule has 0 saturated carbocycles. The van der Waals surface area contributed by atoms with Crippen LogP contribution in [0.15, 0.2) is 23.1 Å². The van der Waals surface area contributed by atoms with Gasteiger partial charge in [-0.1, -0.05) is 25.4 Å². The van der Waals surface area contributed by atoms with Gasteiger partial charge < -0.3 is 5.73 Å². The standard InChI is InChI=1S/C12H18ClN3O4S/c1-8(2)12(3,7-14)15-21(19,20)9-4-5-10(13)11(6-9)16(17)18/h4-6,8,15H,7,14H2,1-3H3. The van der Waals surface area contributed by atoms with Gasteiger partial charge in [0.2, 0.25) is 10.0 Å². The minimum Gasteiger partial charge on any atom is -0.329 e. The van der Waals surface area contributed by atoms with Crippen LogP contribution in [-0.2, 0) is 10.0 Å². The molecule has 21 heavy (non-hydrogen) atoms. The van der Waals surface area contributed by atoms with Gasteiger partial charge in [-0.3, -0.25) is 10.1 Å². The quantitative estimate of drug-likeness (QED) is 0.608. The molecule has 0 radical (unpaired) electrons. The molecular weight excluding hydrogens is 318 g/mol. The summed E-state index contributed by atoms with van der Waals surface area (Å²) in [5.41, 5.74) is 4.33. The van der Waals surface area contributed by atoms with Crippen molar-refractivity contribution in [2.45, 2.75) is 31.2 Å². The van der Waals surface area contributed by atoms with E-state index >= 15 is 0 Å². The van der Waals surface area contributed by atoms with E-state index in [0.29, 0.717) is 0 Å². The Bertz CT molecular complexity index is 648. The van der Waals surface area contributed by atoms with Crippen LogP contribution in [0.1, 0.15) is 20.8 Å². The molecule has 1 unspecified atom stereocenters. The molecular formula is C12H18ClN3O4S. The van der Waals surface area contributed by atoms with Crippen LogP contribution in [0.4, 0.5) is 5.69 Å². The van der Waals surface area contributed by atoms with Crippen molar-refractivity contribution in [3.63, 3.8) is 0 Å². The highest BCUT2D eigenvalue weighted by atomic mass is 35.5. The second-order valence-electron chi connectivity index (χ2n) is 5.25. The number of nitrogens with zero attached hydrogens (tertiary/aromatic N) is 1. The fourth-order valence-electron chi connectivity index (χ4n) is 1.56. The number of hydrogen-bond donors (Lipinski definition) is 2. The van der Waals surface area contributed by atoms with E-state index < -0.39 is 26.2 Å². The van der Waals surface area contributed by atoms with Crippen LogP contribution in [0.25, 0.3) is 0 Å². The second-order valence-corrected chi connectivity index (χ2v) is 7.34. The number of sulfonamides is 1. The molecule has 0 aliphatic rings. The van der Waals surface area contributed by atoms with Crippen LogP contribution in [0.2, 0.25) is 5.02 Å². The molecule has 9 heteroatoms. The lowest BCUT2D eigenvalue weighted by Gasteiger charge is -2.33. The second kappa shape index (κ2) is 6.27. The predicted octanol–water partition coefficient (Wildman–Crippen LogP) is 1.90. The number of nitro groups is 1. The molecule has 1 aromatic rings. The molecule has 0 heterocycles. The van der Waals surface area contributed by atoms with E-state index in [4.69, 9.17) is 17.3 Å². The van der Waals surface area contributed by atoms with Gasteiger partial charge in [0.05, 0.1) is 9.82 Å². The molecule has 1 aromatic carbocycles. The van der Waals surface area contributed by atoms with E-state index in [-0.39, 0.29) is 22.4 Å². The molecule has 0 spiro atoms. The minimum absolute atomic E-state index is 0.0560. The Hall–Kier alpha value is -1.22. The summed E-state index contributed by atoms with van der Waals surface area (Å²) in [6.45, 7) is 5.44. The molecule has 1 rings (SSSR count). The Morgan fingerprint density at radius 2 is 2.05 bits per heavy atom. The molecule has 3 N–H and O–H groups in total. The SMILES string of the molecule is CC(C)C(C)(CN)NS(=O)(=O)c1ccc(Cl)c([N+](=O)[O-])c1. The Kier molecular flexibility index (Phi) is 5.32.